The number of guanidine groups is 1. The van der Waals surface area contributed by atoms with E-state index in [2.05, 4.69) is 25.9 Å². The Bertz CT molecular complexity index is 1530. The number of halogens is 1. The zero-order chi connectivity index (χ0) is 25.2. The summed E-state index contributed by atoms with van der Waals surface area (Å²) < 4.78 is 5.76. The summed E-state index contributed by atoms with van der Waals surface area (Å²) in [6.07, 6.45) is 2.93. The number of rotatable bonds is 5. The van der Waals surface area contributed by atoms with Gasteiger partial charge in [0.25, 0.3) is 5.91 Å². The number of amides is 1. The Morgan fingerprint density at radius 2 is 1.86 bits per heavy atom. The lowest BCUT2D eigenvalue weighted by atomic mass is 9.95. The molecule has 9 nitrogen and oxygen atoms in total. The molecule has 0 radical (unpaired) electrons. The Morgan fingerprint density at radius 1 is 1.08 bits per heavy atom. The first-order chi connectivity index (χ1) is 17.4. The molecule has 1 aliphatic heterocycles. The molecule has 0 spiro atoms. The van der Waals surface area contributed by atoms with Crippen LogP contribution in [0.3, 0.4) is 0 Å². The van der Waals surface area contributed by atoms with Gasteiger partial charge in [-0.2, -0.15) is 4.98 Å². The van der Waals surface area contributed by atoms with E-state index in [0.717, 1.165) is 0 Å². The Morgan fingerprint density at radius 3 is 2.64 bits per heavy atom. The van der Waals surface area contributed by atoms with Gasteiger partial charge in [0.05, 0.1) is 17.5 Å². The van der Waals surface area contributed by atoms with Crippen LogP contribution in [-0.4, -0.2) is 27.6 Å². The highest BCUT2D eigenvalue weighted by Crippen LogP contribution is 2.35. The number of nitrogens with zero attached hydrogens (tertiary/aromatic N) is 3. The number of carbonyl (C=O) groups is 2. The number of aromatic nitrogens is 2. The maximum atomic E-state index is 13.5. The van der Waals surface area contributed by atoms with Crippen LogP contribution in [0.5, 0.6) is 0 Å². The van der Waals surface area contributed by atoms with Gasteiger partial charge in [0.2, 0.25) is 5.96 Å². The number of ketones is 1. The molecule has 0 saturated heterocycles. The molecule has 0 aliphatic carbocycles. The number of para-hydroxylation sites is 2. The van der Waals surface area contributed by atoms with Crippen molar-refractivity contribution in [3.8, 4) is 0 Å². The number of aliphatic imine (C=N–C) groups is 1. The molecular weight excluding hydrogens is 480 g/mol. The normalized spacial score (nSPS) is 15.3. The van der Waals surface area contributed by atoms with Crippen molar-refractivity contribution in [2.75, 3.05) is 10.6 Å². The predicted molar refractivity (Wildman–Crippen MR) is 138 cm³/mol. The molecule has 4 aromatic rings. The first kappa shape index (κ1) is 23.3. The zero-order valence-electron chi connectivity index (χ0n) is 19.4. The number of allylic oxidation sites excluding steroid dienone is 1. The average molecular weight is 501 g/mol. The first-order valence-corrected chi connectivity index (χ1v) is 11.5. The van der Waals surface area contributed by atoms with Gasteiger partial charge in [-0.1, -0.05) is 41.9 Å². The van der Waals surface area contributed by atoms with E-state index in [-0.39, 0.29) is 11.8 Å². The number of benzene rings is 2. The lowest BCUT2D eigenvalue weighted by molar-refractivity contribution is -0.113. The third kappa shape index (κ3) is 4.69. The molecule has 3 heterocycles. The van der Waals surface area contributed by atoms with E-state index in [9.17, 15) is 9.59 Å². The standard InChI is InChI=1S/C26H21ClN6O3/c1-14-22(24(35)30-17-11-16(15(2)34)12-28-13-17)23(18-7-3-4-8-19(18)27)32-25(29-14)33-26-31-20-9-5-6-10-21(20)36-26/h3-13,23H,1-2H3,(H,30,35)(H2,29,31,32,33). The van der Waals surface area contributed by atoms with Gasteiger partial charge < -0.3 is 15.1 Å². The molecular formula is C26H21ClN6O3. The highest BCUT2D eigenvalue weighted by Gasteiger charge is 2.31. The molecule has 3 N–H and O–H groups in total. The van der Waals surface area contributed by atoms with E-state index in [1.807, 2.05) is 42.5 Å². The van der Waals surface area contributed by atoms with E-state index < -0.39 is 11.9 Å². The Kier molecular flexibility index (Phi) is 6.22. The maximum Gasteiger partial charge on any atom is 0.302 e. The van der Waals surface area contributed by atoms with Gasteiger partial charge in [-0.15, -0.1) is 0 Å². The molecule has 1 atom stereocenters. The van der Waals surface area contributed by atoms with E-state index in [1.54, 1.807) is 19.1 Å². The Labute approximate surface area is 211 Å². The summed E-state index contributed by atoms with van der Waals surface area (Å²) in [4.78, 5) is 38.4. The Hall–Kier alpha value is -4.50. The minimum atomic E-state index is -0.726. The van der Waals surface area contributed by atoms with Crippen LogP contribution >= 0.6 is 11.6 Å². The third-order valence-corrected chi connectivity index (χ3v) is 5.95. The summed E-state index contributed by atoms with van der Waals surface area (Å²) in [5, 5.41) is 9.46. The topological polar surface area (TPSA) is 122 Å². The lowest BCUT2D eigenvalue weighted by Crippen LogP contribution is -2.37. The molecule has 10 heteroatoms. The van der Waals surface area contributed by atoms with Crippen molar-refractivity contribution in [2.45, 2.75) is 19.9 Å². The highest BCUT2D eigenvalue weighted by atomic mass is 35.5. The molecule has 0 fully saturated rings. The van der Waals surface area contributed by atoms with Crippen molar-refractivity contribution in [2.24, 2.45) is 4.99 Å². The number of carbonyl (C=O) groups excluding carboxylic acids is 2. The van der Waals surface area contributed by atoms with Crippen molar-refractivity contribution in [1.82, 2.24) is 15.3 Å². The van der Waals surface area contributed by atoms with Crippen LogP contribution in [-0.2, 0) is 4.79 Å². The number of hydrogen-bond acceptors (Lipinski definition) is 8. The fraction of sp³-hybridized carbons (Fsp3) is 0.115. The molecule has 2 aromatic heterocycles. The number of nitrogens with one attached hydrogen (secondary N) is 3. The van der Waals surface area contributed by atoms with Gasteiger partial charge in [-0.05, 0) is 38.1 Å². The minimum absolute atomic E-state index is 0.151. The predicted octanol–water partition coefficient (Wildman–Crippen LogP) is 5.10. The molecule has 1 aliphatic rings. The molecule has 1 amide bonds. The van der Waals surface area contributed by atoms with Crippen LogP contribution in [0.2, 0.25) is 5.02 Å². The summed E-state index contributed by atoms with van der Waals surface area (Å²) >= 11 is 6.51. The quantitative estimate of drug-likeness (QED) is 0.326. The fourth-order valence-electron chi connectivity index (χ4n) is 3.88. The monoisotopic (exact) mass is 500 g/mol. The number of hydrogen-bond donors (Lipinski definition) is 3. The molecule has 1 unspecified atom stereocenters. The van der Waals surface area contributed by atoms with Gasteiger partial charge in [0.1, 0.15) is 11.6 Å². The summed E-state index contributed by atoms with van der Waals surface area (Å²) in [5.41, 5.74) is 3.69. The number of pyridine rings is 1. The largest absolute Gasteiger partial charge is 0.423 e. The average Bonchev–Trinajstić information content (AvgIpc) is 3.26. The second-order valence-corrected chi connectivity index (χ2v) is 8.56. The van der Waals surface area contributed by atoms with E-state index in [1.165, 1.54) is 19.3 Å². The van der Waals surface area contributed by atoms with Crippen LogP contribution in [0.1, 0.15) is 35.8 Å². The lowest BCUT2D eigenvalue weighted by Gasteiger charge is -2.27. The number of fused-ring (bicyclic) bond motifs is 1. The zero-order valence-corrected chi connectivity index (χ0v) is 20.1. The van der Waals surface area contributed by atoms with Crippen molar-refractivity contribution in [1.29, 1.82) is 0 Å². The van der Waals surface area contributed by atoms with Gasteiger partial charge in [0, 0.05) is 28.0 Å². The highest BCUT2D eigenvalue weighted by molar-refractivity contribution is 6.31. The van der Waals surface area contributed by atoms with Crippen molar-refractivity contribution in [3.05, 3.63) is 94.4 Å². The summed E-state index contributed by atoms with van der Waals surface area (Å²) in [6, 6.07) is 15.7. The SMILES string of the molecule is CC(=O)c1cncc(NC(=O)C2=C(C)NC(Nc3nc4ccccc4o3)=NC2c2ccccc2Cl)c1. The van der Waals surface area contributed by atoms with Gasteiger partial charge in [0.15, 0.2) is 11.4 Å². The number of oxazole rings is 1. The van der Waals surface area contributed by atoms with Gasteiger partial charge in [-0.3, -0.25) is 19.9 Å². The number of anilines is 2. The van der Waals surface area contributed by atoms with Crippen LogP contribution in [0, 0.1) is 0 Å². The second-order valence-electron chi connectivity index (χ2n) is 8.15. The van der Waals surface area contributed by atoms with E-state index in [4.69, 9.17) is 21.0 Å². The van der Waals surface area contributed by atoms with Gasteiger partial charge >= 0.3 is 6.01 Å². The first-order valence-electron chi connectivity index (χ1n) is 11.1. The smallest absolute Gasteiger partial charge is 0.302 e. The number of Topliss-reactive ketones (excluding diaryl/α,β-unsaturated/α-hetero) is 1. The fourth-order valence-corrected chi connectivity index (χ4v) is 4.12. The maximum absolute atomic E-state index is 13.5. The van der Waals surface area contributed by atoms with Crippen LogP contribution in [0.25, 0.3) is 11.1 Å². The molecule has 0 bridgehead atoms. The summed E-state index contributed by atoms with van der Waals surface area (Å²) in [7, 11) is 0. The van der Waals surface area contributed by atoms with Crippen LogP contribution < -0.4 is 16.0 Å². The Balaban J connectivity index is 1.48. The summed E-state index contributed by atoms with van der Waals surface area (Å²) in [6.45, 7) is 3.21. The third-order valence-electron chi connectivity index (χ3n) is 5.61. The minimum Gasteiger partial charge on any atom is -0.423 e. The van der Waals surface area contributed by atoms with Crippen molar-refractivity contribution < 1.29 is 14.0 Å². The molecule has 180 valence electrons. The van der Waals surface area contributed by atoms with Crippen molar-refractivity contribution >= 4 is 52.1 Å². The molecule has 2 aromatic carbocycles. The molecule has 5 rings (SSSR count). The second kappa shape index (κ2) is 9.63. The molecule has 0 saturated carbocycles. The summed E-state index contributed by atoms with van der Waals surface area (Å²) in [5.74, 6) is -0.209. The van der Waals surface area contributed by atoms with Crippen LogP contribution in [0.15, 0.2) is 87.7 Å². The van der Waals surface area contributed by atoms with E-state index in [0.29, 0.717) is 50.2 Å². The van der Waals surface area contributed by atoms with Gasteiger partial charge in [-0.25, -0.2) is 4.99 Å². The molecule has 36 heavy (non-hydrogen) atoms. The van der Waals surface area contributed by atoms with Crippen LogP contribution in [0.4, 0.5) is 11.7 Å². The van der Waals surface area contributed by atoms with Crippen molar-refractivity contribution in [3.63, 3.8) is 0 Å². The van der Waals surface area contributed by atoms with E-state index >= 15 is 0 Å².